The largest absolute Gasteiger partial charge is 0.502 e. The third-order valence-electron chi connectivity index (χ3n) is 6.07. The number of hydrogen-bond acceptors (Lipinski definition) is 9. The van der Waals surface area contributed by atoms with Gasteiger partial charge in [-0.1, -0.05) is 17.3 Å². The SMILES string of the molecule is COc1cc(/C=C/C(=O)NCCOCCn2cc(C[N+](C)(C)Cc3ccc(C(=O)NN)cc3)nn2)cc(OC)c1O. The minimum Gasteiger partial charge on any atom is -0.502 e. The van der Waals surface area contributed by atoms with Gasteiger partial charge in [0, 0.05) is 23.7 Å². The molecule has 0 saturated heterocycles. The van der Waals surface area contributed by atoms with Crippen molar-refractivity contribution in [3.63, 3.8) is 0 Å². The average molecular weight is 569 g/mol. The Balaban J connectivity index is 1.36. The molecule has 0 spiro atoms. The number of methoxy groups -OCH3 is 2. The molecule has 0 radical (unpaired) electrons. The highest BCUT2D eigenvalue weighted by Crippen LogP contribution is 2.37. The lowest BCUT2D eigenvalue weighted by Gasteiger charge is -2.28. The predicted octanol–water partition coefficient (Wildman–Crippen LogP) is 1.23. The van der Waals surface area contributed by atoms with Crippen LogP contribution in [0.25, 0.3) is 6.08 Å². The van der Waals surface area contributed by atoms with Gasteiger partial charge in [-0.3, -0.25) is 15.0 Å². The Kier molecular flexibility index (Phi) is 11.2. The number of hydrazine groups is 1. The Morgan fingerprint density at radius 1 is 1.07 bits per heavy atom. The maximum atomic E-state index is 12.1. The Labute approximate surface area is 239 Å². The number of hydrogen-bond donors (Lipinski definition) is 4. The molecule has 3 rings (SSSR count). The number of quaternary nitrogens is 1. The van der Waals surface area contributed by atoms with E-state index in [4.69, 9.17) is 20.1 Å². The number of nitrogens with two attached hydrogens (primary N) is 1. The van der Waals surface area contributed by atoms with Gasteiger partial charge in [-0.05, 0) is 35.9 Å². The number of ether oxygens (including phenoxy) is 3. The second kappa shape index (κ2) is 14.8. The predicted molar refractivity (Wildman–Crippen MR) is 152 cm³/mol. The monoisotopic (exact) mass is 568 g/mol. The summed E-state index contributed by atoms with van der Waals surface area (Å²) in [5, 5.41) is 21.2. The Morgan fingerprint density at radius 2 is 1.76 bits per heavy atom. The maximum Gasteiger partial charge on any atom is 0.265 e. The molecular formula is C28H38N7O6+. The molecule has 0 saturated carbocycles. The third-order valence-corrected chi connectivity index (χ3v) is 6.07. The lowest BCUT2D eigenvalue weighted by atomic mass is 10.1. The number of carbonyl (C=O) groups is 2. The zero-order valence-corrected chi connectivity index (χ0v) is 23.8. The van der Waals surface area contributed by atoms with E-state index in [2.05, 4.69) is 35.1 Å². The number of aromatic hydroxyl groups is 1. The molecule has 41 heavy (non-hydrogen) atoms. The summed E-state index contributed by atoms with van der Waals surface area (Å²) in [4.78, 5) is 23.7. The van der Waals surface area contributed by atoms with Gasteiger partial charge in [-0.25, -0.2) is 10.5 Å². The summed E-state index contributed by atoms with van der Waals surface area (Å²) in [6.45, 7) is 3.06. The van der Waals surface area contributed by atoms with Crippen molar-refractivity contribution in [2.75, 3.05) is 48.1 Å². The normalized spacial score (nSPS) is 11.4. The lowest BCUT2D eigenvalue weighted by molar-refractivity contribution is -0.917. The molecule has 13 heteroatoms. The molecule has 0 bridgehead atoms. The van der Waals surface area contributed by atoms with Crippen LogP contribution >= 0.6 is 0 Å². The first-order chi connectivity index (χ1) is 19.6. The minimum absolute atomic E-state index is 0.0989. The van der Waals surface area contributed by atoms with Crippen LogP contribution in [0, 0.1) is 0 Å². The van der Waals surface area contributed by atoms with Crippen molar-refractivity contribution in [3.05, 3.63) is 71.1 Å². The number of nitrogens with one attached hydrogen (secondary N) is 2. The molecule has 0 fully saturated rings. The van der Waals surface area contributed by atoms with Crippen LogP contribution in [-0.4, -0.2) is 84.5 Å². The van der Waals surface area contributed by atoms with Crippen molar-refractivity contribution in [2.45, 2.75) is 19.6 Å². The fourth-order valence-electron chi connectivity index (χ4n) is 4.10. The maximum absolute atomic E-state index is 12.1. The van der Waals surface area contributed by atoms with Gasteiger partial charge in [0.2, 0.25) is 11.7 Å². The molecule has 2 aromatic carbocycles. The summed E-state index contributed by atoms with van der Waals surface area (Å²) in [5.41, 5.74) is 5.23. The minimum atomic E-state index is -0.321. The van der Waals surface area contributed by atoms with E-state index in [0.717, 1.165) is 17.8 Å². The topological polar surface area (TPSA) is 163 Å². The molecule has 1 heterocycles. The second-order valence-corrected chi connectivity index (χ2v) is 9.91. The number of carbonyl (C=O) groups excluding carboxylic acids is 2. The van der Waals surface area contributed by atoms with Crippen LogP contribution in [0.5, 0.6) is 17.2 Å². The van der Waals surface area contributed by atoms with E-state index < -0.39 is 0 Å². The standard InChI is InChI=1S/C28H37N7O6/c1-35(2,18-20-5-8-22(9-6-20)28(38)31-29)19-23-17-34(33-32-23)12-14-41-13-11-30-26(36)10-7-21-15-24(39-3)27(37)25(16-21)40-4/h5-10,15-17H,11-14,18-19H2,1-4H3,(H4-,29,30,31,32,33,36,37,38)/p+1. The molecule has 0 atom stereocenters. The molecule has 0 unspecified atom stereocenters. The summed E-state index contributed by atoms with van der Waals surface area (Å²) >= 11 is 0. The van der Waals surface area contributed by atoms with Crippen molar-refractivity contribution >= 4 is 17.9 Å². The Bertz CT molecular complexity index is 1310. The van der Waals surface area contributed by atoms with Crippen LogP contribution in [0.2, 0.25) is 0 Å². The number of rotatable bonds is 15. The smallest absolute Gasteiger partial charge is 0.265 e. The van der Waals surface area contributed by atoms with Gasteiger partial charge in [0.15, 0.2) is 11.5 Å². The zero-order valence-electron chi connectivity index (χ0n) is 23.8. The quantitative estimate of drug-likeness (QED) is 0.0527. The van der Waals surface area contributed by atoms with E-state index in [1.807, 2.05) is 18.3 Å². The van der Waals surface area contributed by atoms with Crippen LogP contribution < -0.4 is 26.1 Å². The molecule has 220 valence electrons. The fraction of sp³-hybridized carbons (Fsp3) is 0.357. The molecule has 2 amide bonds. The lowest BCUT2D eigenvalue weighted by Crippen LogP contribution is -2.38. The van der Waals surface area contributed by atoms with E-state index in [0.29, 0.717) is 48.5 Å². The van der Waals surface area contributed by atoms with Gasteiger partial charge < -0.3 is 29.1 Å². The van der Waals surface area contributed by atoms with E-state index in [-0.39, 0.29) is 29.1 Å². The first kappa shape index (κ1) is 31.1. The molecule has 0 aliphatic heterocycles. The van der Waals surface area contributed by atoms with E-state index in [1.54, 1.807) is 35.0 Å². The first-order valence-corrected chi connectivity index (χ1v) is 12.9. The summed E-state index contributed by atoms with van der Waals surface area (Å²) < 4.78 is 18.2. The first-order valence-electron chi connectivity index (χ1n) is 12.9. The van der Waals surface area contributed by atoms with E-state index in [1.165, 1.54) is 20.3 Å². The number of amides is 2. The van der Waals surface area contributed by atoms with Gasteiger partial charge >= 0.3 is 0 Å². The van der Waals surface area contributed by atoms with Gasteiger partial charge in [0.1, 0.15) is 18.8 Å². The van der Waals surface area contributed by atoms with Crippen molar-refractivity contribution in [1.29, 1.82) is 0 Å². The van der Waals surface area contributed by atoms with Crippen molar-refractivity contribution in [1.82, 2.24) is 25.7 Å². The highest BCUT2D eigenvalue weighted by molar-refractivity contribution is 5.93. The van der Waals surface area contributed by atoms with E-state index >= 15 is 0 Å². The summed E-state index contributed by atoms with van der Waals surface area (Å²) in [7, 11) is 7.08. The van der Waals surface area contributed by atoms with Gasteiger partial charge in [0.25, 0.3) is 5.91 Å². The number of aromatic nitrogens is 3. The van der Waals surface area contributed by atoms with Gasteiger partial charge in [-0.15, -0.1) is 5.10 Å². The average Bonchev–Trinajstić information content (AvgIpc) is 3.40. The van der Waals surface area contributed by atoms with Crippen LogP contribution in [0.4, 0.5) is 0 Å². The third kappa shape index (κ3) is 9.60. The molecular weight excluding hydrogens is 530 g/mol. The number of phenols is 1. The number of phenolic OH excluding ortho intramolecular Hbond substituents is 1. The molecule has 1 aromatic heterocycles. The van der Waals surface area contributed by atoms with Crippen molar-refractivity contribution in [2.24, 2.45) is 5.84 Å². The summed E-state index contributed by atoms with van der Waals surface area (Å²) in [6.07, 6.45) is 4.89. The highest BCUT2D eigenvalue weighted by Gasteiger charge is 2.19. The highest BCUT2D eigenvalue weighted by atomic mass is 16.5. The molecule has 5 N–H and O–H groups in total. The molecule has 0 aliphatic carbocycles. The zero-order chi connectivity index (χ0) is 29.8. The Morgan fingerprint density at radius 3 is 2.39 bits per heavy atom. The molecule has 13 nitrogen and oxygen atoms in total. The van der Waals surface area contributed by atoms with Crippen LogP contribution in [0.1, 0.15) is 27.2 Å². The number of nitrogen functional groups attached to an aromatic ring is 1. The second-order valence-electron chi connectivity index (χ2n) is 9.91. The molecule has 0 aliphatic rings. The summed E-state index contributed by atoms with van der Waals surface area (Å²) in [5.74, 6) is 4.99. The number of benzene rings is 2. The van der Waals surface area contributed by atoms with Crippen molar-refractivity contribution < 1.29 is 33.4 Å². The van der Waals surface area contributed by atoms with Crippen LogP contribution in [0.15, 0.2) is 48.7 Å². The van der Waals surface area contributed by atoms with E-state index in [9.17, 15) is 14.7 Å². The van der Waals surface area contributed by atoms with Crippen molar-refractivity contribution in [3.8, 4) is 17.2 Å². The molecule has 3 aromatic rings. The summed E-state index contributed by atoms with van der Waals surface area (Å²) in [6, 6.07) is 10.5. The Hall–Kier alpha value is -4.46. The fourth-order valence-corrected chi connectivity index (χ4v) is 4.10. The van der Waals surface area contributed by atoms with Gasteiger partial charge in [-0.2, -0.15) is 0 Å². The van der Waals surface area contributed by atoms with Crippen LogP contribution in [0.3, 0.4) is 0 Å². The number of nitrogens with zero attached hydrogens (tertiary/aromatic N) is 4. The van der Waals surface area contributed by atoms with Gasteiger partial charge in [0.05, 0.1) is 54.3 Å². The van der Waals surface area contributed by atoms with Crippen LogP contribution in [-0.2, 0) is 29.2 Å².